The molecule has 32 heavy (non-hydrogen) atoms. The lowest BCUT2D eigenvalue weighted by atomic mass is 10.0. The summed E-state index contributed by atoms with van der Waals surface area (Å²) < 4.78 is 7.54. The van der Waals surface area contributed by atoms with Crippen molar-refractivity contribution < 1.29 is 26.5 Å². The molecule has 0 aliphatic heterocycles. The Labute approximate surface area is 204 Å². The molecule has 1 heterocycles. The van der Waals surface area contributed by atoms with Crippen molar-refractivity contribution in [3.63, 3.8) is 0 Å². The van der Waals surface area contributed by atoms with Gasteiger partial charge in [0.1, 0.15) is 6.61 Å². The highest BCUT2D eigenvalue weighted by molar-refractivity contribution is 5.69. The van der Waals surface area contributed by atoms with E-state index in [0.29, 0.717) is 19.6 Å². The molecule has 0 saturated heterocycles. The zero-order valence-electron chi connectivity index (χ0n) is 20.7. The molecule has 0 aliphatic carbocycles. The fourth-order valence-corrected chi connectivity index (χ4v) is 4.08. The molecule has 0 bridgehead atoms. The van der Waals surface area contributed by atoms with Crippen molar-refractivity contribution in [3.05, 3.63) is 30.1 Å². The Bertz CT molecular complexity index is 554. The molecule has 0 amide bonds. The second-order valence-corrected chi connectivity index (χ2v) is 8.84. The van der Waals surface area contributed by atoms with E-state index in [0.717, 1.165) is 31.5 Å². The van der Waals surface area contributed by atoms with Crippen molar-refractivity contribution in [1.82, 2.24) is 0 Å². The number of pyridine rings is 1. The quantitative estimate of drug-likeness (QED) is 0.171. The number of halogens is 1. The number of nitrogens with two attached hydrogens (primary N) is 1. The summed E-state index contributed by atoms with van der Waals surface area (Å²) in [4.78, 5) is 11.9. The summed E-state index contributed by atoms with van der Waals surface area (Å²) in [6.07, 6.45) is 23.4. The van der Waals surface area contributed by atoms with E-state index < -0.39 is 0 Å². The van der Waals surface area contributed by atoms with Crippen LogP contribution in [0.15, 0.2) is 24.4 Å². The Kier molecular flexibility index (Phi) is 22.2. The first-order valence-electron chi connectivity index (χ1n) is 13.1. The van der Waals surface area contributed by atoms with Crippen molar-refractivity contribution in [2.24, 2.45) is 5.73 Å². The Morgan fingerprint density at radius 3 is 1.91 bits per heavy atom. The standard InChI is InChI=1S/C27H49N2O2.ClH/c1-2-3-4-5-6-7-8-9-10-11-12-13-14-15-16-20-27(30)31-25-21-26-19-17-18-23-29(26)24-22-28;/h17-19,23H,2-16,20-22,24-25,28H2,1H3;1H/q+1;/p-1. The van der Waals surface area contributed by atoms with Crippen LogP contribution in [0.2, 0.25) is 0 Å². The van der Waals surface area contributed by atoms with Crippen LogP contribution in [-0.4, -0.2) is 19.1 Å². The molecule has 2 N–H and O–H groups in total. The molecule has 1 aromatic heterocycles. The topological polar surface area (TPSA) is 56.2 Å². The number of carbonyl (C=O) groups is 1. The number of nitrogens with zero attached hydrogens (tertiary/aromatic N) is 1. The number of aromatic nitrogens is 1. The summed E-state index contributed by atoms with van der Waals surface area (Å²) >= 11 is 0. The van der Waals surface area contributed by atoms with Gasteiger partial charge in [-0.25, -0.2) is 4.57 Å². The fraction of sp³-hybridized carbons (Fsp3) is 0.778. The molecule has 4 nitrogen and oxygen atoms in total. The van der Waals surface area contributed by atoms with E-state index in [1.165, 1.54) is 83.5 Å². The van der Waals surface area contributed by atoms with E-state index in [2.05, 4.69) is 17.6 Å². The molecule has 186 valence electrons. The van der Waals surface area contributed by atoms with Crippen LogP contribution in [0.5, 0.6) is 0 Å². The Morgan fingerprint density at radius 1 is 0.844 bits per heavy atom. The van der Waals surface area contributed by atoms with Crippen LogP contribution in [-0.2, 0) is 22.5 Å². The monoisotopic (exact) mass is 468 g/mol. The van der Waals surface area contributed by atoms with Gasteiger partial charge in [0.05, 0.1) is 13.0 Å². The third-order valence-corrected chi connectivity index (χ3v) is 6.01. The number of hydrogen-bond acceptors (Lipinski definition) is 3. The average Bonchev–Trinajstić information content (AvgIpc) is 2.78. The average molecular weight is 469 g/mol. The maximum absolute atomic E-state index is 11.9. The summed E-state index contributed by atoms with van der Waals surface area (Å²) in [6, 6.07) is 6.08. The van der Waals surface area contributed by atoms with Crippen LogP contribution < -0.4 is 22.7 Å². The predicted molar refractivity (Wildman–Crippen MR) is 130 cm³/mol. The molecule has 0 aromatic carbocycles. The van der Waals surface area contributed by atoms with E-state index in [9.17, 15) is 4.79 Å². The van der Waals surface area contributed by atoms with Gasteiger partial charge in [0.25, 0.3) is 0 Å². The number of hydrogen-bond donors (Lipinski definition) is 1. The smallest absolute Gasteiger partial charge is 0.305 e. The maximum Gasteiger partial charge on any atom is 0.305 e. The zero-order valence-corrected chi connectivity index (χ0v) is 21.4. The minimum atomic E-state index is -0.0593. The first-order valence-corrected chi connectivity index (χ1v) is 13.1. The Morgan fingerprint density at radius 2 is 1.38 bits per heavy atom. The SMILES string of the molecule is CCCCCCCCCCCCCCCCCC(=O)OCCc1cccc[n+]1CCN.[Cl-]. The molecule has 1 aromatic rings. The van der Waals surface area contributed by atoms with Gasteiger partial charge in [-0.2, -0.15) is 0 Å². The summed E-state index contributed by atoms with van der Waals surface area (Å²) in [5.74, 6) is -0.0593. The lowest BCUT2D eigenvalue weighted by molar-refractivity contribution is -0.701. The molecule has 0 radical (unpaired) electrons. The Balaban J connectivity index is 0.00000961. The Hall–Kier alpha value is -1.13. The summed E-state index contributed by atoms with van der Waals surface area (Å²) in [7, 11) is 0. The molecule has 0 spiro atoms. The number of unbranched alkanes of at least 4 members (excludes halogenated alkanes) is 14. The highest BCUT2D eigenvalue weighted by Gasteiger charge is 2.10. The third-order valence-electron chi connectivity index (χ3n) is 6.01. The lowest BCUT2D eigenvalue weighted by Crippen LogP contribution is -3.00. The van der Waals surface area contributed by atoms with Gasteiger partial charge in [-0.05, 0) is 6.42 Å². The first-order chi connectivity index (χ1) is 15.3. The van der Waals surface area contributed by atoms with Gasteiger partial charge in [0.2, 0.25) is 0 Å². The molecule has 0 saturated carbocycles. The number of rotatable bonds is 21. The third kappa shape index (κ3) is 17.4. The molecule has 5 heteroatoms. The van der Waals surface area contributed by atoms with Gasteiger partial charge >= 0.3 is 5.97 Å². The summed E-state index contributed by atoms with van der Waals surface area (Å²) in [6.45, 7) is 4.14. The molecular formula is C27H49ClN2O2. The van der Waals surface area contributed by atoms with Gasteiger partial charge in [0.15, 0.2) is 18.4 Å². The predicted octanol–water partition coefficient (Wildman–Crippen LogP) is 3.28. The fourth-order valence-electron chi connectivity index (χ4n) is 4.08. The number of carbonyl (C=O) groups excluding carboxylic acids is 1. The van der Waals surface area contributed by atoms with Gasteiger partial charge in [0, 0.05) is 18.6 Å². The van der Waals surface area contributed by atoms with Crippen LogP contribution >= 0.6 is 0 Å². The molecular weight excluding hydrogens is 420 g/mol. The van der Waals surface area contributed by atoms with Crippen LogP contribution in [0.1, 0.15) is 115 Å². The normalized spacial score (nSPS) is 10.7. The molecule has 0 aliphatic rings. The summed E-state index contributed by atoms with van der Waals surface area (Å²) in [5, 5.41) is 0. The second-order valence-electron chi connectivity index (χ2n) is 8.84. The second kappa shape index (κ2) is 23.0. The van der Waals surface area contributed by atoms with Gasteiger partial charge in [-0.3, -0.25) is 4.79 Å². The van der Waals surface area contributed by atoms with E-state index in [4.69, 9.17) is 10.5 Å². The van der Waals surface area contributed by atoms with Crippen molar-refractivity contribution in [1.29, 1.82) is 0 Å². The van der Waals surface area contributed by atoms with E-state index in [-0.39, 0.29) is 18.4 Å². The minimum absolute atomic E-state index is 0. The largest absolute Gasteiger partial charge is 1.00 e. The highest BCUT2D eigenvalue weighted by Crippen LogP contribution is 2.13. The molecule has 1 rings (SSSR count). The van der Waals surface area contributed by atoms with Crippen molar-refractivity contribution in [2.45, 2.75) is 123 Å². The molecule has 0 unspecified atom stereocenters. The molecule has 0 fully saturated rings. The van der Waals surface area contributed by atoms with Crippen LogP contribution in [0.25, 0.3) is 0 Å². The van der Waals surface area contributed by atoms with Crippen LogP contribution in [0.4, 0.5) is 0 Å². The zero-order chi connectivity index (χ0) is 22.4. The van der Waals surface area contributed by atoms with Crippen LogP contribution in [0.3, 0.4) is 0 Å². The summed E-state index contributed by atoms with van der Waals surface area (Å²) in [5.41, 5.74) is 6.81. The van der Waals surface area contributed by atoms with E-state index in [1.807, 2.05) is 18.3 Å². The van der Waals surface area contributed by atoms with Gasteiger partial charge in [-0.1, -0.05) is 103 Å². The highest BCUT2D eigenvalue weighted by atomic mass is 35.5. The molecule has 0 atom stereocenters. The maximum atomic E-state index is 11.9. The van der Waals surface area contributed by atoms with Gasteiger partial charge < -0.3 is 22.9 Å². The van der Waals surface area contributed by atoms with Gasteiger partial charge in [-0.15, -0.1) is 0 Å². The number of ether oxygens (including phenoxy) is 1. The number of esters is 1. The van der Waals surface area contributed by atoms with Crippen LogP contribution in [0, 0.1) is 0 Å². The first kappa shape index (κ1) is 30.9. The minimum Gasteiger partial charge on any atom is -1.00 e. The van der Waals surface area contributed by atoms with Crippen molar-refractivity contribution in [3.8, 4) is 0 Å². The van der Waals surface area contributed by atoms with E-state index in [1.54, 1.807) is 0 Å². The van der Waals surface area contributed by atoms with E-state index >= 15 is 0 Å². The lowest BCUT2D eigenvalue weighted by Gasteiger charge is -2.06. The van der Waals surface area contributed by atoms with Crippen molar-refractivity contribution >= 4 is 5.97 Å². The van der Waals surface area contributed by atoms with Crippen molar-refractivity contribution in [2.75, 3.05) is 13.2 Å².